The molecule has 0 fully saturated rings. The highest BCUT2D eigenvalue weighted by molar-refractivity contribution is 7.92. The number of anilines is 1. The summed E-state index contributed by atoms with van der Waals surface area (Å²) in [7, 11) is -5.04. The van der Waals surface area contributed by atoms with Crippen LogP contribution < -0.4 is 9.46 Å². The molecule has 212 valence electrons. The van der Waals surface area contributed by atoms with Gasteiger partial charge in [-0.15, -0.1) is 0 Å². The van der Waals surface area contributed by atoms with Crippen LogP contribution in [0.2, 0.25) is 0 Å². The number of hydrogen-bond donors (Lipinski definition) is 1. The number of nitrogens with one attached hydrogen (secondary N) is 1. The predicted molar refractivity (Wildman–Crippen MR) is 110 cm³/mol. The van der Waals surface area contributed by atoms with E-state index in [1.165, 1.54) is 0 Å². The highest BCUT2D eigenvalue weighted by Gasteiger charge is 2.39. The molecule has 1 N–H and O–H groups in total. The minimum Gasteiger partial charge on any atom is -0.457 e. The summed E-state index contributed by atoms with van der Waals surface area (Å²) in [6.45, 7) is 0. The van der Waals surface area contributed by atoms with Crippen LogP contribution in [0.1, 0.15) is 22.3 Å². The number of alkyl halides is 12. The summed E-state index contributed by atoms with van der Waals surface area (Å²) < 4.78 is 188. The van der Waals surface area contributed by atoms with Gasteiger partial charge in [0.1, 0.15) is 11.5 Å². The fourth-order valence-corrected chi connectivity index (χ4v) is 4.14. The van der Waals surface area contributed by atoms with Crippen LogP contribution in [0, 0.1) is 0 Å². The Kier molecular flexibility index (Phi) is 7.55. The Labute approximate surface area is 210 Å². The third kappa shape index (κ3) is 7.48. The smallest absolute Gasteiger partial charge is 0.416 e. The highest BCUT2D eigenvalue weighted by atomic mass is 32.2. The molecule has 0 unspecified atom stereocenters. The SMILES string of the molecule is O=S(=O)(Nc1ccc(Oc2cc(C(F)(F)F)cc(C(F)(F)F)c2)cc1)c1cc(C(F)(F)F)cc(C(F)(F)F)c1. The first-order valence-corrected chi connectivity index (χ1v) is 11.4. The normalized spacial score (nSPS) is 13.3. The first-order valence-electron chi connectivity index (χ1n) is 9.95. The molecule has 17 heteroatoms. The third-order valence-corrected chi connectivity index (χ3v) is 6.14. The van der Waals surface area contributed by atoms with Crippen molar-refractivity contribution in [1.82, 2.24) is 0 Å². The Morgan fingerprint density at radius 3 is 1.23 bits per heavy atom. The zero-order valence-corrected chi connectivity index (χ0v) is 19.3. The van der Waals surface area contributed by atoms with E-state index in [0.717, 1.165) is 24.3 Å². The lowest BCUT2D eigenvalue weighted by atomic mass is 10.1. The Bertz CT molecular complexity index is 1390. The van der Waals surface area contributed by atoms with E-state index < -0.39 is 73.3 Å². The van der Waals surface area contributed by atoms with Crippen molar-refractivity contribution in [3.63, 3.8) is 0 Å². The third-order valence-electron chi connectivity index (χ3n) is 4.77. The van der Waals surface area contributed by atoms with E-state index in [4.69, 9.17) is 4.74 Å². The summed E-state index contributed by atoms with van der Waals surface area (Å²) in [6.07, 6.45) is -21.0. The molecule has 0 amide bonds. The van der Waals surface area contributed by atoms with Gasteiger partial charge in [-0.3, -0.25) is 4.72 Å². The molecule has 0 aromatic heterocycles. The van der Waals surface area contributed by atoms with E-state index in [1.807, 2.05) is 0 Å². The van der Waals surface area contributed by atoms with Gasteiger partial charge in [0, 0.05) is 5.69 Å². The maximum Gasteiger partial charge on any atom is 0.416 e. The van der Waals surface area contributed by atoms with E-state index >= 15 is 0 Å². The van der Waals surface area contributed by atoms with Crippen molar-refractivity contribution in [2.24, 2.45) is 0 Å². The van der Waals surface area contributed by atoms with Crippen molar-refractivity contribution in [1.29, 1.82) is 0 Å². The Morgan fingerprint density at radius 2 is 0.872 bits per heavy atom. The molecule has 0 saturated carbocycles. The van der Waals surface area contributed by atoms with Crippen LogP contribution >= 0.6 is 0 Å². The maximum atomic E-state index is 13.0. The van der Waals surface area contributed by atoms with Crippen molar-refractivity contribution in [3.05, 3.63) is 82.9 Å². The van der Waals surface area contributed by atoms with Gasteiger partial charge < -0.3 is 4.74 Å². The van der Waals surface area contributed by atoms with Gasteiger partial charge in [-0.05, 0) is 60.7 Å². The Balaban J connectivity index is 1.90. The quantitative estimate of drug-likeness (QED) is 0.301. The Morgan fingerprint density at radius 1 is 0.513 bits per heavy atom. The monoisotopic (exact) mass is 597 g/mol. The first-order chi connectivity index (χ1) is 17.6. The molecule has 3 aromatic rings. The van der Waals surface area contributed by atoms with E-state index in [2.05, 4.69) is 0 Å². The highest BCUT2D eigenvalue weighted by Crippen LogP contribution is 2.40. The van der Waals surface area contributed by atoms with Crippen molar-refractivity contribution in [3.8, 4) is 11.5 Å². The van der Waals surface area contributed by atoms with Gasteiger partial charge in [0.05, 0.1) is 27.1 Å². The van der Waals surface area contributed by atoms with Gasteiger partial charge in [0.25, 0.3) is 10.0 Å². The number of benzene rings is 3. The van der Waals surface area contributed by atoms with Crippen LogP contribution in [0.4, 0.5) is 58.4 Å². The van der Waals surface area contributed by atoms with Crippen LogP contribution in [0.15, 0.2) is 65.6 Å². The second-order valence-corrected chi connectivity index (χ2v) is 9.40. The molecular weight excluding hydrogens is 586 g/mol. The molecule has 39 heavy (non-hydrogen) atoms. The summed E-state index contributed by atoms with van der Waals surface area (Å²) in [5, 5.41) is 0. The van der Waals surface area contributed by atoms with Gasteiger partial charge >= 0.3 is 24.7 Å². The maximum absolute atomic E-state index is 13.0. The van der Waals surface area contributed by atoms with Crippen LogP contribution in [0.5, 0.6) is 11.5 Å². The van der Waals surface area contributed by atoms with Crippen LogP contribution in [0.3, 0.4) is 0 Å². The van der Waals surface area contributed by atoms with Crippen LogP contribution in [-0.4, -0.2) is 8.42 Å². The number of hydrogen-bond acceptors (Lipinski definition) is 3. The molecular formula is C22H11F12NO3S. The molecule has 0 atom stereocenters. The summed E-state index contributed by atoms with van der Waals surface area (Å²) in [6, 6.07) is 3.54. The topological polar surface area (TPSA) is 55.4 Å². The van der Waals surface area contributed by atoms with Crippen LogP contribution in [0.25, 0.3) is 0 Å². The molecule has 0 radical (unpaired) electrons. The average Bonchev–Trinajstić information content (AvgIpc) is 2.77. The largest absolute Gasteiger partial charge is 0.457 e. The first kappa shape index (κ1) is 29.9. The molecule has 0 aliphatic rings. The molecule has 0 bridgehead atoms. The number of sulfonamides is 1. The molecule has 3 rings (SSSR count). The average molecular weight is 597 g/mol. The molecule has 0 aliphatic carbocycles. The minimum absolute atomic E-state index is 0.0269. The van der Waals surface area contributed by atoms with Crippen molar-refractivity contribution in [2.75, 3.05) is 4.72 Å². The lowest BCUT2D eigenvalue weighted by molar-refractivity contribution is -0.144. The minimum atomic E-state index is -5.32. The molecule has 4 nitrogen and oxygen atoms in total. The van der Waals surface area contributed by atoms with Crippen LogP contribution in [-0.2, 0) is 34.7 Å². The van der Waals surface area contributed by atoms with Crippen molar-refractivity contribution >= 4 is 15.7 Å². The number of ether oxygens (including phenoxy) is 1. The molecule has 0 heterocycles. The summed E-state index contributed by atoms with van der Waals surface area (Å²) in [4.78, 5) is -1.38. The van der Waals surface area contributed by atoms with Crippen molar-refractivity contribution < 1.29 is 65.8 Å². The second-order valence-electron chi connectivity index (χ2n) is 7.72. The zero-order valence-electron chi connectivity index (χ0n) is 18.4. The molecule has 3 aromatic carbocycles. The number of rotatable bonds is 5. The van der Waals surface area contributed by atoms with E-state index in [1.54, 1.807) is 4.72 Å². The van der Waals surface area contributed by atoms with Crippen molar-refractivity contribution in [2.45, 2.75) is 29.6 Å². The van der Waals surface area contributed by atoms with E-state index in [0.29, 0.717) is 0 Å². The molecule has 0 saturated heterocycles. The lowest BCUT2D eigenvalue weighted by Gasteiger charge is -2.16. The van der Waals surface area contributed by atoms with Gasteiger partial charge in [-0.25, -0.2) is 8.42 Å². The van der Waals surface area contributed by atoms with Gasteiger partial charge in [0.2, 0.25) is 0 Å². The molecule has 0 aliphatic heterocycles. The number of halogens is 12. The second kappa shape index (κ2) is 9.84. The summed E-state index contributed by atoms with van der Waals surface area (Å²) in [5.41, 5.74) is -7.55. The van der Waals surface area contributed by atoms with Gasteiger partial charge in [-0.1, -0.05) is 0 Å². The summed E-state index contributed by atoms with van der Waals surface area (Å²) in [5.74, 6) is -1.27. The van der Waals surface area contributed by atoms with E-state index in [9.17, 15) is 61.1 Å². The standard InChI is InChI=1S/C22H11F12NO3S/c23-19(24,25)11-5-12(20(26,27)28)8-17(7-11)38-16-3-1-15(2-4-16)35-39(36,37)18-9-13(21(29,30)31)6-14(10-18)22(32,33)34/h1-10,35H. The lowest BCUT2D eigenvalue weighted by Crippen LogP contribution is -2.17. The predicted octanol–water partition coefficient (Wildman–Crippen LogP) is 8.35. The van der Waals surface area contributed by atoms with E-state index in [-0.39, 0.29) is 42.1 Å². The fraction of sp³-hybridized carbons (Fsp3) is 0.182. The summed E-state index contributed by atoms with van der Waals surface area (Å²) >= 11 is 0. The van der Waals surface area contributed by atoms with Gasteiger partial charge in [-0.2, -0.15) is 52.7 Å². The zero-order chi connectivity index (χ0) is 29.6. The fourth-order valence-electron chi connectivity index (χ4n) is 3.01. The Hall–Kier alpha value is -3.63. The molecule has 0 spiro atoms. The van der Waals surface area contributed by atoms with Gasteiger partial charge in [0.15, 0.2) is 0 Å².